The number of rotatable bonds is 31. The third-order valence-electron chi connectivity index (χ3n) is 9.20. The van der Waals surface area contributed by atoms with Crippen LogP contribution in [0.25, 0.3) is 0 Å². The highest BCUT2D eigenvalue weighted by atomic mass is 15.0. The van der Waals surface area contributed by atoms with E-state index in [4.69, 9.17) is 0 Å². The summed E-state index contributed by atoms with van der Waals surface area (Å²) in [5.41, 5.74) is 0. The number of aromatic nitrogens is 2. The fraction of sp³-hybridized carbons (Fsp3) is 0.919. The van der Waals surface area contributed by atoms with Crippen LogP contribution in [-0.4, -0.2) is 9.55 Å². The average Bonchev–Trinajstić information content (AvgIpc) is 3.46. The fourth-order valence-corrected chi connectivity index (χ4v) is 6.46. The second-order valence-corrected chi connectivity index (χ2v) is 13.0. The minimum absolute atomic E-state index is 0.804. The molecule has 39 heavy (non-hydrogen) atoms. The molecule has 230 valence electrons. The maximum absolute atomic E-state index is 4.28. The van der Waals surface area contributed by atoms with Gasteiger partial charge in [-0.3, -0.25) is 0 Å². The normalized spacial score (nSPS) is 12.5. The Bertz CT molecular complexity index is 538. The molecule has 0 aliphatic rings. The van der Waals surface area contributed by atoms with Crippen LogP contribution in [0.4, 0.5) is 0 Å². The topological polar surface area (TPSA) is 17.8 Å². The monoisotopic (exact) mass is 545 g/mol. The Balaban J connectivity index is 2.18. The zero-order valence-corrected chi connectivity index (χ0v) is 27.3. The van der Waals surface area contributed by atoms with Crippen LogP contribution in [0.1, 0.15) is 201 Å². The van der Waals surface area contributed by atoms with Gasteiger partial charge in [0.1, 0.15) is 0 Å². The molecule has 0 spiro atoms. The highest BCUT2D eigenvalue weighted by Crippen LogP contribution is 2.28. The Morgan fingerprint density at radius 2 is 0.872 bits per heavy atom. The van der Waals surface area contributed by atoms with Crippen molar-refractivity contribution in [3.05, 3.63) is 18.7 Å². The van der Waals surface area contributed by atoms with Gasteiger partial charge in [-0.15, -0.1) is 0 Å². The van der Waals surface area contributed by atoms with E-state index in [1.165, 1.54) is 180 Å². The van der Waals surface area contributed by atoms with Crippen molar-refractivity contribution in [2.75, 3.05) is 0 Å². The van der Waals surface area contributed by atoms with E-state index in [0.717, 1.165) is 18.4 Å². The summed E-state index contributed by atoms with van der Waals surface area (Å²) >= 11 is 0. The summed E-state index contributed by atoms with van der Waals surface area (Å²) in [4.78, 5) is 4.28. The molecule has 0 aromatic carbocycles. The van der Waals surface area contributed by atoms with E-state index < -0.39 is 0 Å². The van der Waals surface area contributed by atoms with Crippen LogP contribution in [-0.2, 0) is 6.54 Å². The number of unbranched alkanes of at least 4 members (excludes halogenated alkanes) is 22. The van der Waals surface area contributed by atoms with Crippen LogP contribution in [0.15, 0.2) is 18.7 Å². The third kappa shape index (κ3) is 23.6. The molecule has 0 amide bonds. The van der Waals surface area contributed by atoms with Crippen LogP contribution in [0.2, 0.25) is 0 Å². The molecule has 0 fully saturated rings. The molecule has 2 heteroatoms. The molecule has 1 aromatic heterocycles. The van der Waals surface area contributed by atoms with Crippen LogP contribution in [0, 0.1) is 11.8 Å². The summed E-state index contributed by atoms with van der Waals surface area (Å²) in [5, 5.41) is 0. The van der Waals surface area contributed by atoms with Gasteiger partial charge in [0.2, 0.25) is 0 Å². The lowest BCUT2D eigenvalue weighted by Crippen LogP contribution is -2.14. The number of nitrogens with zero attached hydrogens (tertiary/aromatic N) is 2. The number of hydrogen-bond donors (Lipinski definition) is 0. The van der Waals surface area contributed by atoms with Crippen molar-refractivity contribution in [1.82, 2.24) is 9.55 Å². The van der Waals surface area contributed by atoms with E-state index in [9.17, 15) is 0 Å². The number of imidazole rings is 1. The predicted molar refractivity (Wildman–Crippen MR) is 176 cm³/mol. The first kappa shape index (κ1) is 36.2. The van der Waals surface area contributed by atoms with Crippen LogP contribution >= 0.6 is 0 Å². The van der Waals surface area contributed by atoms with Gasteiger partial charge < -0.3 is 4.57 Å². The minimum Gasteiger partial charge on any atom is -0.337 e. The lowest BCUT2D eigenvalue weighted by Gasteiger charge is -2.23. The molecule has 2 nitrogen and oxygen atoms in total. The summed E-state index contributed by atoms with van der Waals surface area (Å²) in [7, 11) is 0. The maximum Gasteiger partial charge on any atom is 0.0945 e. The van der Waals surface area contributed by atoms with Crippen molar-refractivity contribution in [3.8, 4) is 0 Å². The molecule has 1 rings (SSSR count). The standard InChI is InChI=1S/C37H72N2/c1-4-7-9-11-13-15-17-19-21-23-25-27-29-37(33-36(6-3)34-39-32-31-38-35-39)30-28-26-24-22-20-18-16-14-12-10-8-5-2/h31-32,35-37H,4-30,33-34H2,1-3H3. The minimum atomic E-state index is 0.804. The van der Waals surface area contributed by atoms with Gasteiger partial charge in [-0.1, -0.05) is 194 Å². The number of hydrogen-bond acceptors (Lipinski definition) is 1. The Morgan fingerprint density at radius 3 is 1.21 bits per heavy atom. The Morgan fingerprint density at radius 1 is 0.487 bits per heavy atom. The maximum atomic E-state index is 4.28. The molecule has 0 radical (unpaired) electrons. The highest BCUT2D eigenvalue weighted by molar-refractivity contribution is 4.77. The third-order valence-corrected chi connectivity index (χ3v) is 9.20. The Labute approximate surface area is 246 Å². The Kier molecular flexibility index (Phi) is 26.7. The molecule has 1 atom stereocenters. The summed E-state index contributed by atoms with van der Waals surface area (Å²) in [5.74, 6) is 1.74. The molecule has 1 unspecified atom stereocenters. The van der Waals surface area contributed by atoms with Gasteiger partial charge in [0.05, 0.1) is 6.33 Å². The van der Waals surface area contributed by atoms with Crippen LogP contribution in [0.3, 0.4) is 0 Å². The first-order valence-corrected chi connectivity index (χ1v) is 18.3. The molecule has 0 aliphatic carbocycles. The summed E-state index contributed by atoms with van der Waals surface area (Å²) < 4.78 is 2.30. The van der Waals surface area contributed by atoms with Gasteiger partial charge in [-0.2, -0.15) is 0 Å². The molecule has 0 saturated carbocycles. The van der Waals surface area contributed by atoms with Crippen molar-refractivity contribution >= 4 is 0 Å². The summed E-state index contributed by atoms with van der Waals surface area (Å²) in [6.45, 7) is 8.17. The van der Waals surface area contributed by atoms with E-state index in [0.29, 0.717) is 0 Å². The zero-order valence-electron chi connectivity index (χ0n) is 27.3. The molecule has 0 N–H and O–H groups in total. The molecular weight excluding hydrogens is 472 g/mol. The van der Waals surface area contributed by atoms with E-state index in [-0.39, 0.29) is 0 Å². The second kappa shape index (κ2) is 28.7. The quantitative estimate of drug-likeness (QED) is 0.0850. The van der Waals surface area contributed by atoms with Gasteiger partial charge in [-0.05, 0) is 18.3 Å². The lowest BCUT2D eigenvalue weighted by molar-refractivity contribution is 0.287. The zero-order chi connectivity index (χ0) is 28.1. The van der Waals surface area contributed by atoms with Crippen molar-refractivity contribution in [1.29, 1.82) is 0 Å². The van der Waals surface area contributed by atoms with Gasteiger partial charge in [0, 0.05) is 18.9 Å². The molecule has 1 aromatic rings. The van der Waals surface area contributed by atoms with E-state index in [1.54, 1.807) is 0 Å². The van der Waals surface area contributed by atoms with Crippen molar-refractivity contribution in [2.24, 2.45) is 11.8 Å². The fourth-order valence-electron chi connectivity index (χ4n) is 6.46. The predicted octanol–water partition coefficient (Wildman–Crippen LogP) is 13.1. The Hall–Kier alpha value is -0.790. The van der Waals surface area contributed by atoms with Crippen LogP contribution in [0.5, 0.6) is 0 Å². The van der Waals surface area contributed by atoms with Crippen LogP contribution < -0.4 is 0 Å². The van der Waals surface area contributed by atoms with E-state index in [2.05, 4.69) is 36.5 Å². The summed E-state index contributed by atoms with van der Waals surface area (Å²) in [6.07, 6.45) is 46.7. The van der Waals surface area contributed by atoms with Gasteiger partial charge in [0.25, 0.3) is 0 Å². The largest absolute Gasteiger partial charge is 0.337 e. The smallest absolute Gasteiger partial charge is 0.0945 e. The SMILES string of the molecule is CCCCCCCCCCCCCCC(CCCCCCCCCCCCCC)CC(CC)Cn1ccnc1. The molecular formula is C37H72N2. The molecule has 0 bridgehead atoms. The summed E-state index contributed by atoms with van der Waals surface area (Å²) in [6, 6.07) is 0. The van der Waals surface area contributed by atoms with Crippen molar-refractivity contribution in [3.63, 3.8) is 0 Å². The van der Waals surface area contributed by atoms with E-state index in [1.807, 2.05) is 12.5 Å². The molecule has 0 saturated heterocycles. The van der Waals surface area contributed by atoms with Gasteiger partial charge >= 0.3 is 0 Å². The van der Waals surface area contributed by atoms with Crippen molar-refractivity contribution in [2.45, 2.75) is 207 Å². The van der Waals surface area contributed by atoms with Gasteiger partial charge in [0.15, 0.2) is 0 Å². The van der Waals surface area contributed by atoms with Gasteiger partial charge in [-0.25, -0.2) is 4.98 Å². The highest BCUT2D eigenvalue weighted by Gasteiger charge is 2.16. The molecule has 1 heterocycles. The molecule has 0 aliphatic heterocycles. The lowest BCUT2D eigenvalue weighted by atomic mass is 9.85. The average molecular weight is 545 g/mol. The first-order valence-electron chi connectivity index (χ1n) is 18.3. The van der Waals surface area contributed by atoms with E-state index >= 15 is 0 Å². The first-order chi connectivity index (χ1) is 19.3. The second-order valence-electron chi connectivity index (χ2n) is 13.0. The van der Waals surface area contributed by atoms with Crippen molar-refractivity contribution < 1.29 is 0 Å².